The summed E-state index contributed by atoms with van der Waals surface area (Å²) in [4.78, 5) is 15.6. The second-order valence-electron chi connectivity index (χ2n) is 15.0. The standard InChI is InChI=1S/C33H56ClNO4Si/c1-24(14-17-28(36)22-26(34)18-21-38-40(8,9)32(5,6)7)29-13-11-20-33(29)19-10-12-27-16-15-25(23-35(27)33)30(37)39-31(2,3)4/h14-15,17,22,24,27-29,36H,10-13,16,18-21,23H2,1-9H3/b17-14+,26-22-/t24-,27+,28+,29-,33+/m0/s1. The Kier molecular flexibility index (Phi) is 11.0. The molecular weight excluding hydrogens is 538 g/mol. The number of hydrogen-bond acceptors (Lipinski definition) is 5. The molecule has 228 valence electrons. The van der Waals surface area contributed by atoms with Crippen LogP contribution in [0, 0.1) is 11.8 Å². The average molecular weight is 594 g/mol. The molecule has 0 aromatic heterocycles. The molecule has 0 radical (unpaired) electrons. The third-order valence-electron chi connectivity index (χ3n) is 9.82. The summed E-state index contributed by atoms with van der Waals surface area (Å²) in [6, 6.07) is 0.498. The van der Waals surface area contributed by atoms with Gasteiger partial charge in [-0.1, -0.05) is 70.4 Å². The van der Waals surface area contributed by atoms with Gasteiger partial charge in [-0.05, 0) is 88.9 Å². The van der Waals surface area contributed by atoms with Crippen LogP contribution < -0.4 is 0 Å². The Morgan fingerprint density at radius 3 is 2.45 bits per heavy atom. The van der Waals surface area contributed by atoms with Crippen LogP contribution in [0.4, 0.5) is 0 Å². The normalized spacial score (nSPS) is 28.5. The molecule has 1 spiro atoms. The Morgan fingerprint density at radius 1 is 1.18 bits per heavy atom. The highest BCUT2D eigenvalue weighted by Crippen LogP contribution is 2.52. The Morgan fingerprint density at radius 2 is 1.82 bits per heavy atom. The summed E-state index contributed by atoms with van der Waals surface area (Å²) < 4.78 is 12.0. The van der Waals surface area contributed by atoms with Gasteiger partial charge in [-0.15, -0.1) is 0 Å². The number of hydrogen-bond donors (Lipinski definition) is 1. The molecule has 0 unspecified atom stereocenters. The first-order valence-corrected chi connectivity index (χ1v) is 18.8. The number of ether oxygens (including phenoxy) is 1. The lowest BCUT2D eigenvalue weighted by Gasteiger charge is -2.55. The van der Waals surface area contributed by atoms with Gasteiger partial charge in [0.15, 0.2) is 8.32 Å². The van der Waals surface area contributed by atoms with Crippen molar-refractivity contribution in [3.05, 3.63) is 34.9 Å². The minimum absolute atomic E-state index is 0.105. The zero-order valence-corrected chi connectivity index (χ0v) is 28.4. The van der Waals surface area contributed by atoms with E-state index in [9.17, 15) is 9.90 Å². The van der Waals surface area contributed by atoms with Crippen LogP contribution in [0.25, 0.3) is 0 Å². The topological polar surface area (TPSA) is 59.0 Å². The Balaban J connectivity index is 1.64. The maximum Gasteiger partial charge on any atom is 0.335 e. The van der Waals surface area contributed by atoms with E-state index in [1.165, 1.54) is 38.5 Å². The number of aliphatic hydroxyl groups is 1. The third kappa shape index (κ3) is 8.34. The number of fused-ring (bicyclic) bond motifs is 2. The summed E-state index contributed by atoms with van der Waals surface area (Å²) in [5.41, 5.74) is 0.432. The number of nitrogens with zero attached hydrogens (tertiary/aromatic N) is 1. The molecule has 0 amide bonds. The van der Waals surface area contributed by atoms with Crippen LogP contribution in [-0.2, 0) is 14.0 Å². The van der Waals surface area contributed by atoms with E-state index in [-0.39, 0.29) is 16.5 Å². The van der Waals surface area contributed by atoms with Gasteiger partial charge in [0, 0.05) is 41.8 Å². The summed E-state index contributed by atoms with van der Waals surface area (Å²) in [6.45, 7) is 20.5. The van der Waals surface area contributed by atoms with Crippen molar-refractivity contribution in [2.45, 2.75) is 141 Å². The molecule has 40 heavy (non-hydrogen) atoms. The fourth-order valence-electron chi connectivity index (χ4n) is 6.73. The lowest BCUT2D eigenvalue weighted by molar-refractivity contribution is -0.151. The number of allylic oxidation sites excluding steroid dienone is 1. The predicted molar refractivity (Wildman–Crippen MR) is 169 cm³/mol. The predicted octanol–water partition coefficient (Wildman–Crippen LogP) is 8.14. The van der Waals surface area contributed by atoms with Crippen molar-refractivity contribution in [2.75, 3.05) is 13.2 Å². The van der Waals surface area contributed by atoms with Crippen molar-refractivity contribution < 1.29 is 19.1 Å². The van der Waals surface area contributed by atoms with Gasteiger partial charge in [-0.3, -0.25) is 4.90 Å². The van der Waals surface area contributed by atoms with Crippen LogP contribution in [0.2, 0.25) is 18.1 Å². The first-order chi connectivity index (χ1) is 18.4. The highest BCUT2D eigenvalue weighted by atomic mass is 35.5. The number of rotatable bonds is 9. The van der Waals surface area contributed by atoms with E-state index in [2.05, 4.69) is 57.8 Å². The van der Waals surface area contributed by atoms with Crippen molar-refractivity contribution in [2.24, 2.45) is 11.8 Å². The molecular formula is C33H56ClNO4Si. The first kappa shape index (κ1) is 33.6. The largest absolute Gasteiger partial charge is 0.457 e. The van der Waals surface area contributed by atoms with Crippen LogP contribution in [0.15, 0.2) is 34.9 Å². The molecule has 2 heterocycles. The minimum Gasteiger partial charge on any atom is -0.457 e. The molecule has 5 nitrogen and oxygen atoms in total. The summed E-state index contributed by atoms with van der Waals surface area (Å²) >= 11 is 6.49. The molecule has 2 aliphatic heterocycles. The maximum atomic E-state index is 13.0. The number of aliphatic hydroxyl groups excluding tert-OH is 1. The number of carbonyl (C=O) groups is 1. The molecule has 1 saturated heterocycles. The Bertz CT molecular complexity index is 976. The van der Waals surface area contributed by atoms with E-state index >= 15 is 0 Å². The highest BCUT2D eigenvalue weighted by molar-refractivity contribution is 6.74. The monoisotopic (exact) mass is 593 g/mol. The minimum atomic E-state index is -1.81. The zero-order valence-electron chi connectivity index (χ0n) is 26.7. The van der Waals surface area contributed by atoms with Crippen molar-refractivity contribution in [1.82, 2.24) is 4.90 Å². The van der Waals surface area contributed by atoms with Crippen LogP contribution in [0.3, 0.4) is 0 Å². The van der Waals surface area contributed by atoms with E-state index in [4.69, 9.17) is 20.8 Å². The van der Waals surface area contributed by atoms with Gasteiger partial charge in [0.1, 0.15) is 5.60 Å². The molecule has 1 aliphatic carbocycles. The molecule has 0 aromatic carbocycles. The maximum absolute atomic E-state index is 13.0. The molecule has 3 aliphatic rings. The molecule has 1 N–H and O–H groups in total. The molecule has 5 atom stereocenters. The molecule has 2 fully saturated rings. The second kappa shape index (κ2) is 13.2. The Labute approximate surface area is 250 Å². The lowest BCUT2D eigenvalue weighted by Crippen LogP contribution is -2.61. The third-order valence-corrected chi connectivity index (χ3v) is 14.7. The van der Waals surface area contributed by atoms with E-state index < -0.39 is 20.0 Å². The van der Waals surface area contributed by atoms with Gasteiger partial charge < -0.3 is 14.3 Å². The lowest BCUT2D eigenvalue weighted by atomic mass is 9.70. The number of carbonyl (C=O) groups excluding carboxylic acids is 1. The molecule has 3 rings (SSSR count). The second-order valence-corrected chi connectivity index (χ2v) is 20.2. The quantitative estimate of drug-likeness (QED) is 0.166. The summed E-state index contributed by atoms with van der Waals surface area (Å²) in [7, 11) is -1.81. The summed E-state index contributed by atoms with van der Waals surface area (Å²) in [5, 5.41) is 11.5. The van der Waals surface area contributed by atoms with Crippen molar-refractivity contribution in [1.29, 1.82) is 0 Å². The van der Waals surface area contributed by atoms with Crippen molar-refractivity contribution in [3.8, 4) is 0 Å². The van der Waals surface area contributed by atoms with Crippen molar-refractivity contribution >= 4 is 25.9 Å². The van der Waals surface area contributed by atoms with Gasteiger partial charge in [0.25, 0.3) is 0 Å². The van der Waals surface area contributed by atoms with E-state index in [0.717, 1.165) is 12.0 Å². The molecule has 0 bridgehead atoms. The number of piperidine rings is 1. The highest BCUT2D eigenvalue weighted by Gasteiger charge is 2.53. The first-order valence-electron chi connectivity index (χ1n) is 15.5. The average Bonchev–Trinajstić information content (AvgIpc) is 3.24. The SMILES string of the molecule is C[C@@H](/C=C/[C@@H](O)/C=C(\Cl)CCO[Si](C)(C)C(C)(C)C)[C@@H]1CCC[C@]12CCC[C@@H]1CC=C(C(=O)OC(C)(C)C)CN12. The molecule has 7 heteroatoms. The fourth-order valence-corrected chi connectivity index (χ4v) is 7.98. The van der Waals surface area contributed by atoms with E-state index in [0.29, 0.717) is 42.5 Å². The molecule has 1 saturated carbocycles. The number of halogens is 1. The van der Waals surface area contributed by atoms with Crippen LogP contribution in [0.5, 0.6) is 0 Å². The van der Waals surface area contributed by atoms with Gasteiger partial charge in [-0.25, -0.2) is 4.79 Å². The van der Waals surface area contributed by atoms with Gasteiger partial charge in [-0.2, -0.15) is 0 Å². The Hall–Kier alpha value is -0.923. The number of esters is 1. The summed E-state index contributed by atoms with van der Waals surface area (Å²) in [5.74, 6) is 0.644. The zero-order chi connectivity index (χ0) is 29.9. The van der Waals surface area contributed by atoms with Crippen molar-refractivity contribution in [3.63, 3.8) is 0 Å². The van der Waals surface area contributed by atoms with E-state index in [1.807, 2.05) is 26.8 Å². The van der Waals surface area contributed by atoms with Crippen LogP contribution in [-0.4, -0.2) is 60.7 Å². The summed E-state index contributed by atoms with van der Waals surface area (Å²) in [6.07, 6.45) is 16.0. The van der Waals surface area contributed by atoms with Crippen LogP contribution in [0.1, 0.15) is 99.8 Å². The van der Waals surface area contributed by atoms with E-state index in [1.54, 1.807) is 6.08 Å². The smallest absolute Gasteiger partial charge is 0.335 e. The molecule has 0 aromatic rings. The van der Waals surface area contributed by atoms with Gasteiger partial charge in [0.05, 0.1) is 6.10 Å². The van der Waals surface area contributed by atoms with Gasteiger partial charge >= 0.3 is 5.97 Å². The van der Waals surface area contributed by atoms with Crippen LogP contribution >= 0.6 is 11.6 Å². The van der Waals surface area contributed by atoms with Gasteiger partial charge in [0.2, 0.25) is 0 Å². The fraction of sp³-hybridized carbons (Fsp3) is 0.788.